The highest BCUT2D eigenvalue weighted by Crippen LogP contribution is 2.34. The van der Waals surface area contributed by atoms with Gasteiger partial charge >= 0.3 is 0 Å². The Morgan fingerprint density at radius 2 is 1.75 bits per heavy atom. The van der Waals surface area contributed by atoms with Gasteiger partial charge in [-0.2, -0.15) is 0 Å². The van der Waals surface area contributed by atoms with Crippen molar-refractivity contribution in [2.45, 2.75) is 13.8 Å². The first kappa shape index (κ1) is 11.0. The molecule has 0 saturated heterocycles. The SMILES string of the molecule is Cc1cccc(-c2cc(Cl)ccc2O)c1C. The van der Waals surface area contributed by atoms with Crippen LogP contribution in [-0.4, -0.2) is 5.11 Å². The Kier molecular flexibility index (Phi) is 2.88. The molecular formula is C14H13ClO. The third-order valence-electron chi connectivity index (χ3n) is 2.85. The number of hydrogen-bond donors (Lipinski definition) is 1. The van der Waals surface area contributed by atoms with Crippen LogP contribution in [0.5, 0.6) is 5.75 Å². The first-order valence-corrected chi connectivity index (χ1v) is 5.52. The molecule has 0 saturated carbocycles. The van der Waals surface area contributed by atoms with E-state index in [-0.39, 0.29) is 5.75 Å². The highest BCUT2D eigenvalue weighted by molar-refractivity contribution is 6.31. The number of aryl methyl sites for hydroxylation is 1. The van der Waals surface area contributed by atoms with E-state index >= 15 is 0 Å². The van der Waals surface area contributed by atoms with E-state index in [1.807, 2.05) is 19.1 Å². The lowest BCUT2D eigenvalue weighted by atomic mass is 9.96. The molecule has 82 valence electrons. The zero-order chi connectivity index (χ0) is 11.7. The summed E-state index contributed by atoms with van der Waals surface area (Å²) in [4.78, 5) is 0. The van der Waals surface area contributed by atoms with Crippen LogP contribution >= 0.6 is 11.6 Å². The molecule has 0 heterocycles. The van der Waals surface area contributed by atoms with Gasteiger partial charge in [0.25, 0.3) is 0 Å². The van der Waals surface area contributed by atoms with Crippen LogP contribution in [0.25, 0.3) is 11.1 Å². The molecule has 0 aromatic heterocycles. The van der Waals surface area contributed by atoms with Crippen molar-refractivity contribution in [1.82, 2.24) is 0 Å². The van der Waals surface area contributed by atoms with Crippen molar-refractivity contribution < 1.29 is 5.11 Å². The van der Waals surface area contributed by atoms with Gasteiger partial charge in [-0.05, 0) is 48.7 Å². The zero-order valence-electron chi connectivity index (χ0n) is 9.29. The third-order valence-corrected chi connectivity index (χ3v) is 3.09. The highest BCUT2D eigenvalue weighted by atomic mass is 35.5. The molecule has 2 aromatic rings. The van der Waals surface area contributed by atoms with Crippen LogP contribution in [0.3, 0.4) is 0 Å². The summed E-state index contributed by atoms with van der Waals surface area (Å²) in [5.74, 6) is 0.262. The predicted octanol–water partition coefficient (Wildman–Crippen LogP) is 4.33. The van der Waals surface area contributed by atoms with Crippen LogP contribution in [0.2, 0.25) is 5.02 Å². The Bertz CT molecular complexity index is 532. The molecule has 0 atom stereocenters. The van der Waals surface area contributed by atoms with E-state index in [1.165, 1.54) is 11.1 Å². The van der Waals surface area contributed by atoms with Crippen molar-refractivity contribution in [3.8, 4) is 16.9 Å². The monoisotopic (exact) mass is 232 g/mol. The second kappa shape index (κ2) is 4.18. The van der Waals surface area contributed by atoms with Crippen LogP contribution in [0.4, 0.5) is 0 Å². The minimum absolute atomic E-state index is 0.262. The number of hydrogen-bond acceptors (Lipinski definition) is 1. The lowest BCUT2D eigenvalue weighted by molar-refractivity contribution is 0.477. The van der Waals surface area contributed by atoms with E-state index < -0.39 is 0 Å². The van der Waals surface area contributed by atoms with Gasteiger partial charge in [0.15, 0.2) is 0 Å². The molecule has 2 aromatic carbocycles. The Morgan fingerprint density at radius 1 is 1.00 bits per heavy atom. The van der Waals surface area contributed by atoms with Gasteiger partial charge in [-0.15, -0.1) is 0 Å². The van der Waals surface area contributed by atoms with E-state index in [1.54, 1.807) is 18.2 Å². The van der Waals surface area contributed by atoms with Crippen molar-refractivity contribution >= 4 is 11.6 Å². The lowest BCUT2D eigenvalue weighted by Gasteiger charge is -2.10. The Labute approximate surface area is 100 Å². The van der Waals surface area contributed by atoms with Crippen LogP contribution in [0.15, 0.2) is 36.4 Å². The molecule has 0 amide bonds. The maximum Gasteiger partial charge on any atom is 0.123 e. The molecule has 0 radical (unpaired) electrons. The number of aromatic hydroxyl groups is 1. The highest BCUT2D eigenvalue weighted by Gasteiger charge is 2.08. The van der Waals surface area contributed by atoms with Crippen molar-refractivity contribution in [1.29, 1.82) is 0 Å². The van der Waals surface area contributed by atoms with E-state index in [2.05, 4.69) is 13.0 Å². The van der Waals surface area contributed by atoms with Gasteiger partial charge in [-0.25, -0.2) is 0 Å². The molecule has 2 heteroatoms. The summed E-state index contributed by atoms with van der Waals surface area (Å²) in [6.45, 7) is 4.10. The average Bonchev–Trinajstić information content (AvgIpc) is 2.26. The number of rotatable bonds is 1. The summed E-state index contributed by atoms with van der Waals surface area (Å²) in [6, 6.07) is 11.1. The van der Waals surface area contributed by atoms with Gasteiger partial charge in [0.2, 0.25) is 0 Å². The quantitative estimate of drug-likeness (QED) is 0.776. The normalized spacial score (nSPS) is 10.4. The Hall–Kier alpha value is -1.47. The number of phenols is 1. The predicted molar refractivity (Wildman–Crippen MR) is 68.0 cm³/mol. The van der Waals surface area contributed by atoms with Crippen LogP contribution in [0.1, 0.15) is 11.1 Å². The van der Waals surface area contributed by atoms with Crippen LogP contribution < -0.4 is 0 Å². The molecular weight excluding hydrogens is 220 g/mol. The maximum absolute atomic E-state index is 9.85. The molecule has 0 unspecified atom stereocenters. The molecule has 1 N–H and O–H groups in total. The fourth-order valence-electron chi connectivity index (χ4n) is 1.77. The van der Waals surface area contributed by atoms with Crippen LogP contribution in [0, 0.1) is 13.8 Å². The molecule has 16 heavy (non-hydrogen) atoms. The molecule has 0 aliphatic carbocycles. The fraction of sp³-hybridized carbons (Fsp3) is 0.143. The number of phenolic OH excluding ortho intramolecular Hbond substituents is 1. The summed E-state index contributed by atoms with van der Waals surface area (Å²) in [6.07, 6.45) is 0. The van der Waals surface area contributed by atoms with Crippen molar-refractivity contribution in [2.75, 3.05) is 0 Å². The van der Waals surface area contributed by atoms with Gasteiger partial charge in [-0.3, -0.25) is 0 Å². The fourth-order valence-corrected chi connectivity index (χ4v) is 1.94. The van der Waals surface area contributed by atoms with Crippen molar-refractivity contribution in [3.63, 3.8) is 0 Å². The minimum atomic E-state index is 0.262. The number of benzene rings is 2. The van der Waals surface area contributed by atoms with Gasteiger partial charge in [-0.1, -0.05) is 29.8 Å². The molecule has 0 fully saturated rings. The topological polar surface area (TPSA) is 20.2 Å². The van der Waals surface area contributed by atoms with E-state index in [0.717, 1.165) is 11.1 Å². The van der Waals surface area contributed by atoms with Gasteiger partial charge in [0.05, 0.1) is 0 Å². The maximum atomic E-state index is 9.85. The van der Waals surface area contributed by atoms with Gasteiger partial charge in [0.1, 0.15) is 5.75 Å². The van der Waals surface area contributed by atoms with E-state index in [9.17, 15) is 5.11 Å². The van der Waals surface area contributed by atoms with Crippen molar-refractivity contribution in [3.05, 3.63) is 52.5 Å². The van der Waals surface area contributed by atoms with E-state index in [0.29, 0.717) is 5.02 Å². The van der Waals surface area contributed by atoms with E-state index in [4.69, 9.17) is 11.6 Å². The summed E-state index contributed by atoms with van der Waals surface area (Å²) >= 11 is 5.95. The molecule has 0 bridgehead atoms. The Balaban J connectivity index is 2.67. The lowest BCUT2D eigenvalue weighted by Crippen LogP contribution is -1.87. The van der Waals surface area contributed by atoms with Gasteiger partial charge in [0, 0.05) is 10.6 Å². The molecule has 0 aliphatic heterocycles. The standard InChI is InChI=1S/C14H13ClO/c1-9-4-3-5-12(10(9)2)13-8-11(15)6-7-14(13)16/h3-8,16H,1-2H3. The summed E-state index contributed by atoms with van der Waals surface area (Å²) < 4.78 is 0. The number of halogens is 1. The second-order valence-corrected chi connectivity index (χ2v) is 4.35. The Morgan fingerprint density at radius 3 is 2.50 bits per heavy atom. The smallest absolute Gasteiger partial charge is 0.123 e. The summed E-state index contributed by atoms with van der Waals surface area (Å²) in [5, 5.41) is 10.5. The third kappa shape index (κ3) is 1.91. The largest absolute Gasteiger partial charge is 0.507 e. The second-order valence-electron chi connectivity index (χ2n) is 3.91. The van der Waals surface area contributed by atoms with Crippen molar-refractivity contribution in [2.24, 2.45) is 0 Å². The first-order valence-electron chi connectivity index (χ1n) is 5.14. The minimum Gasteiger partial charge on any atom is -0.507 e. The summed E-state index contributed by atoms with van der Waals surface area (Å²) in [7, 11) is 0. The van der Waals surface area contributed by atoms with Gasteiger partial charge < -0.3 is 5.11 Å². The average molecular weight is 233 g/mol. The molecule has 2 rings (SSSR count). The first-order chi connectivity index (χ1) is 7.59. The van der Waals surface area contributed by atoms with Crippen LogP contribution in [-0.2, 0) is 0 Å². The molecule has 0 spiro atoms. The molecule has 0 aliphatic rings. The zero-order valence-corrected chi connectivity index (χ0v) is 10.0. The summed E-state index contributed by atoms with van der Waals surface area (Å²) in [5.41, 5.74) is 4.19. The molecule has 1 nitrogen and oxygen atoms in total.